The Labute approximate surface area is 135 Å². The number of rotatable bonds is 3. The molecule has 4 nitrogen and oxygen atoms in total. The van der Waals surface area contributed by atoms with Gasteiger partial charge in [-0.25, -0.2) is 0 Å². The van der Waals surface area contributed by atoms with Crippen molar-refractivity contribution in [1.29, 1.82) is 0 Å². The molecule has 23 heavy (non-hydrogen) atoms. The summed E-state index contributed by atoms with van der Waals surface area (Å²) in [6, 6.07) is 19.9. The van der Waals surface area contributed by atoms with Crippen LogP contribution in [0.5, 0.6) is 0 Å². The summed E-state index contributed by atoms with van der Waals surface area (Å²) in [5.74, 6) is 5.60. The van der Waals surface area contributed by atoms with Crippen molar-refractivity contribution >= 4 is 17.1 Å². The van der Waals surface area contributed by atoms with E-state index in [1.807, 2.05) is 48.5 Å². The number of nitrogens with two attached hydrogens (primary N) is 3. The zero-order chi connectivity index (χ0) is 16.4. The highest BCUT2D eigenvalue weighted by molar-refractivity contribution is 5.97. The van der Waals surface area contributed by atoms with Gasteiger partial charge in [0.25, 0.3) is 0 Å². The fourth-order valence-corrected chi connectivity index (χ4v) is 2.79. The molecule has 4 heteroatoms. The molecule has 3 aromatic carbocycles. The van der Waals surface area contributed by atoms with E-state index in [0.717, 1.165) is 33.5 Å². The second-order valence-electron chi connectivity index (χ2n) is 5.53. The van der Waals surface area contributed by atoms with Crippen LogP contribution in [0.25, 0.3) is 22.3 Å². The van der Waals surface area contributed by atoms with Crippen molar-refractivity contribution < 1.29 is 0 Å². The SMILES string of the molecule is Cc1ccccc1-c1c(-c2ccc(N)cc2)ccc(NN)c1N. The van der Waals surface area contributed by atoms with E-state index in [2.05, 4.69) is 24.5 Å². The predicted octanol–water partition coefficient (Wildman–Crippen LogP) is 3.78. The van der Waals surface area contributed by atoms with Gasteiger partial charge in [-0.05, 0) is 47.4 Å². The van der Waals surface area contributed by atoms with E-state index < -0.39 is 0 Å². The molecule has 0 aliphatic heterocycles. The number of hydrazine groups is 1. The average molecular weight is 304 g/mol. The molecule has 0 radical (unpaired) electrons. The second kappa shape index (κ2) is 6.02. The van der Waals surface area contributed by atoms with Crippen LogP contribution < -0.4 is 22.7 Å². The molecule has 0 saturated carbocycles. The van der Waals surface area contributed by atoms with Crippen molar-refractivity contribution in [2.24, 2.45) is 5.84 Å². The van der Waals surface area contributed by atoms with E-state index in [4.69, 9.17) is 17.3 Å². The van der Waals surface area contributed by atoms with Crippen LogP contribution in [0, 0.1) is 6.92 Å². The molecular formula is C19H20N4. The lowest BCUT2D eigenvalue weighted by molar-refractivity contribution is 1.35. The van der Waals surface area contributed by atoms with Crippen molar-refractivity contribution in [2.75, 3.05) is 16.9 Å². The van der Waals surface area contributed by atoms with Gasteiger partial charge in [0, 0.05) is 11.3 Å². The van der Waals surface area contributed by atoms with Gasteiger partial charge in [0.1, 0.15) is 0 Å². The highest BCUT2D eigenvalue weighted by atomic mass is 15.2. The predicted molar refractivity (Wildman–Crippen MR) is 98.7 cm³/mol. The van der Waals surface area contributed by atoms with Crippen LogP contribution >= 0.6 is 0 Å². The zero-order valence-electron chi connectivity index (χ0n) is 13.0. The van der Waals surface area contributed by atoms with Crippen LogP contribution in [-0.2, 0) is 0 Å². The maximum absolute atomic E-state index is 6.40. The fraction of sp³-hybridized carbons (Fsp3) is 0.0526. The summed E-state index contributed by atoms with van der Waals surface area (Å²) in [6.07, 6.45) is 0. The summed E-state index contributed by atoms with van der Waals surface area (Å²) in [7, 11) is 0. The normalized spacial score (nSPS) is 10.5. The van der Waals surface area contributed by atoms with Gasteiger partial charge in [0.05, 0.1) is 11.4 Å². The van der Waals surface area contributed by atoms with E-state index in [1.54, 1.807) is 0 Å². The lowest BCUT2D eigenvalue weighted by atomic mass is 9.90. The van der Waals surface area contributed by atoms with Gasteiger partial charge in [-0.1, -0.05) is 42.5 Å². The Kier molecular flexibility index (Phi) is 3.91. The molecule has 0 heterocycles. The number of aryl methyl sites for hydroxylation is 1. The minimum absolute atomic E-state index is 0.635. The van der Waals surface area contributed by atoms with E-state index in [1.165, 1.54) is 0 Å². The summed E-state index contributed by atoms with van der Waals surface area (Å²) in [5, 5.41) is 0. The van der Waals surface area contributed by atoms with Crippen molar-refractivity contribution in [3.63, 3.8) is 0 Å². The van der Waals surface area contributed by atoms with Gasteiger partial charge in [0.15, 0.2) is 0 Å². The first kappa shape index (κ1) is 14.9. The Hall–Kier alpha value is -2.98. The van der Waals surface area contributed by atoms with Crippen LogP contribution in [-0.4, -0.2) is 0 Å². The van der Waals surface area contributed by atoms with Gasteiger partial charge in [0.2, 0.25) is 0 Å². The maximum atomic E-state index is 6.40. The van der Waals surface area contributed by atoms with E-state index in [9.17, 15) is 0 Å². The van der Waals surface area contributed by atoms with Gasteiger partial charge in [-0.2, -0.15) is 0 Å². The number of nitrogens with one attached hydrogen (secondary N) is 1. The highest BCUT2D eigenvalue weighted by Crippen LogP contribution is 2.41. The van der Waals surface area contributed by atoms with E-state index in [0.29, 0.717) is 11.4 Å². The second-order valence-corrected chi connectivity index (χ2v) is 5.53. The third-order valence-corrected chi connectivity index (χ3v) is 4.04. The number of hydrogen-bond acceptors (Lipinski definition) is 4. The van der Waals surface area contributed by atoms with Gasteiger partial charge in [-0.3, -0.25) is 5.84 Å². The molecule has 3 aromatic rings. The Balaban J connectivity index is 2.31. The number of anilines is 3. The van der Waals surface area contributed by atoms with Crippen LogP contribution in [0.2, 0.25) is 0 Å². The molecule has 0 bridgehead atoms. The van der Waals surface area contributed by atoms with Gasteiger partial charge >= 0.3 is 0 Å². The lowest BCUT2D eigenvalue weighted by Gasteiger charge is -2.18. The topological polar surface area (TPSA) is 90.1 Å². The van der Waals surface area contributed by atoms with Crippen molar-refractivity contribution in [3.8, 4) is 22.3 Å². The van der Waals surface area contributed by atoms with Crippen LogP contribution in [0.3, 0.4) is 0 Å². The molecule has 0 aliphatic rings. The molecule has 7 N–H and O–H groups in total. The van der Waals surface area contributed by atoms with Crippen molar-refractivity contribution in [1.82, 2.24) is 0 Å². The summed E-state index contributed by atoms with van der Waals surface area (Å²) >= 11 is 0. The third-order valence-electron chi connectivity index (χ3n) is 4.04. The number of hydrogen-bond donors (Lipinski definition) is 4. The highest BCUT2D eigenvalue weighted by Gasteiger charge is 2.15. The summed E-state index contributed by atoms with van der Waals surface area (Å²) in [6.45, 7) is 2.07. The van der Waals surface area contributed by atoms with E-state index in [-0.39, 0.29) is 0 Å². The van der Waals surface area contributed by atoms with Gasteiger partial charge in [-0.15, -0.1) is 0 Å². The Bertz CT molecular complexity index is 838. The Morgan fingerprint density at radius 3 is 2.13 bits per heavy atom. The molecule has 0 unspecified atom stereocenters. The zero-order valence-corrected chi connectivity index (χ0v) is 13.0. The molecule has 3 rings (SSSR count). The molecule has 0 atom stereocenters. The Morgan fingerprint density at radius 2 is 1.48 bits per heavy atom. The van der Waals surface area contributed by atoms with Crippen molar-refractivity contribution in [2.45, 2.75) is 6.92 Å². The smallest absolute Gasteiger partial charge is 0.0722 e. The monoisotopic (exact) mass is 304 g/mol. The molecule has 0 aliphatic carbocycles. The quantitative estimate of drug-likeness (QED) is 0.337. The minimum atomic E-state index is 0.635. The number of nitrogen functional groups attached to an aromatic ring is 3. The molecular weight excluding hydrogens is 284 g/mol. The van der Waals surface area contributed by atoms with Crippen molar-refractivity contribution in [3.05, 3.63) is 66.2 Å². The maximum Gasteiger partial charge on any atom is 0.0722 e. The standard InChI is InChI=1S/C19H20N4/c1-12-4-2-3-5-15(12)18-16(10-11-17(23-22)19(18)21)13-6-8-14(20)9-7-13/h2-11,23H,20-22H2,1H3. The fourth-order valence-electron chi connectivity index (χ4n) is 2.79. The number of benzene rings is 3. The van der Waals surface area contributed by atoms with Crippen LogP contribution in [0.15, 0.2) is 60.7 Å². The largest absolute Gasteiger partial charge is 0.399 e. The first-order valence-corrected chi connectivity index (χ1v) is 7.43. The average Bonchev–Trinajstić information content (AvgIpc) is 2.56. The molecule has 0 amide bonds. The molecule has 0 spiro atoms. The third kappa shape index (κ3) is 2.72. The Morgan fingerprint density at radius 1 is 0.783 bits per heavy atom. The lowest BCUT2D eigenvalue weighted by Crippen LogP contribution is -2.10. The first-order valence-electron chi connectivity index (χ1n) is 7.43. The summed E-state index contributed by atoms with van der Waals surface area (Å²) in [4.78, 5) is 0. The molecule has 0 fully saturated rings. The van der Waals surface area contributed by atoms with Crippen LogP contribution in [0.4, 0.5) is 17.1 Å². The molecule has 116 valence electrons. The first-order chi connectivity index (χ1) is 11.1. The minimum Gasteiger partial charge on any atom is -0.399 e. The molecule has 0 saturated heterocycles. The molecule has 0 aromatic heterocycles. The van der Waals surface area contributed by atoms with Crippen LogP contribution in [0.1, 0.15) is 5.56 Å². The summed E-state index contributed by atoms with van der Waals surface area (Å²) < 4.78 is 0. The summed E-state index contributed by atoms with van der Waals surface area (Å²) in [5.41, 5.74) is 22.3. The van der Waals surface area contributed by atoms with E-state index >= 15 is 0 Å². The van der Waals surface area contributed by atoms with Gasteiger partial charge < -0.3 is 16.9 Å².